The third-order valence-electron chi connectivity index (χ3n) is 9.62. The van der Waals surface area contributed by atoms with Crippen molar-refractivity contribution >= 4 is 45.9 Å². The van der Waals surface area contributed by atoms with E-state index in [1.807, 2.05) is 18.2 Å². The lowest BCUT2D eigenvalue weighted by atomic mass is 9.84. The second kappa shape index (κ2) is 14.5. The number of aryl methyl sites for hydroxylation is 2. The quantitative estimate of drug-likeness (QED) is 0.219. The van der Waals surface area contributed by atoms with Gasteiger partial charge in [-0.3, -0.25) is 29.1 Å². The Labute approximate surface area is 291 Å². The first kappa shape index (κ1) is 36.3. The first-order chi connectivity index (χ1) is 23.7. The molecule has 0 unspecified atom stereocenters. The molecule has 0 atom stereocenters. The van der Waals surface area contributed by atoms with E-state index in [1.54, 1.807) is 0 Å². The number of rotatable bonds is 10. The number of aromatic amines is 2. The zero-order chi connectivity index (χ0) is 36.4. The van der Waals surface area contributed by atoms with E-state index in [-0.39, 0.29) is 49.4 Å². The first-order valence-corrected chi connectivity index (χ1v) is 16.7. The van der Waals surface area contributed by atoms with Crippen LogP contribution in [0.5, 0.6) is 0 Å². The van der Waals surface area contributed by atoms with Crippen LogP contribution >= 0.6 is 0 Å². The van der Waals surface area contributed by atoms with Gasteiger partial charge in [-0.25, -0.2) is 0 Å². The fourth-order valence-electron chi connectivity index (χ4n) is 6.81. The van der Waals surface area contributed by atoms with E-state index >= 15 is 0 Å². The molecule has 0 spiro atoms. The second-order valence-electron chi connectivity index (χ2n) is 14.2. The van der Waals surface area contributed by atoms with Gasteiger partial charge >= 0.3 is 23.9 Å². The summed E-state index contributed by atoms with van der Waals surface area (Å²) in [6.45, 7) is 8.56. The van der Waals surface area contributed by atoms with E-state index in [0.717, 1.165) is 33.9 Å². The minimum absolute atomic E-state index is 0.0424. The number of nitrogens with one attached hydrogen (secondary N) is 2. The summed E-state index contributed by atoms with van der Waals surface area (Å²) in [5, 5.41) is 0. The molecule has 3 aromatic rings. The molecule has 5 heterocycles. The molecule has 2 aliphatic rings. The smallest absolute Gasteiger partial charge is 0.310 e. The summed E-state index contributed by atoms with van der Waals surface area (Å²) in [6.07, 6.45) is 1.96. The Morgan fingerprint density at radius 1 is 0.560 bits per heavy atom. The van der Waals surface area contributed by atoms with Crippen LogP contribution in [0, 0.1) is 0 Å². The summed E-state index contributed by atoms with van der Waals surface area (Å²) in [6, 6.07) is 7.89. The highest BCUT2D eigenvalue weighted by molar-refractivity contribution is 5.86. The lowest BCUT2D eigenvalue weighted by Gasteiger charge is -2.17. The van der Waals surface area contributed by atoms with Crippen molar-refractivity contribution in [1.29, 1.82) is 0 Å². The molecule has 0 saturated heterocycles. The third kappa shape index (κ3) is 7.74. The number of ether oxygens (including phenoxy) is 4. The van der Waals surface area contributed by atoms with Crippen LogP contribution in [0.4, 0.5) is 0 Å². The normalized spacial score (nSPS) is 14.6. The van der Waals surface area contributed by atoms with Gasteiger partial charge in [0.25, 0.3) is 0 Å². The predicted molar refractivity (Wildman–Crippen MR) is 187 cm³/mol. The van der Waals surface area contributed by atoms with Gasteiger partial charge in [0.2, 0.25) is 0 Å². The van der Waals surface area contributed by atoms with E-state index in [1.165, 1.54) is 28.4 Å². The molecule has 3 aromatic heterocycles. The Bertz CT molecular complexity index is 2000. The molecule has 0 aliphatic carbocycles. The van der Waals surface area contributed by atoms with E-state index < -0.39 is 23.9 Å². The Balaban J connectivity index is 1.96. The van der Waals surface area contributed by atoms with Crippen molar-refractivity contribution in [3.8, 4) is 0 Å². The summed E-state index contributed by atoms with van der Waals surface area (Å²) < 4.78 is 20.1. The molecular weight excluding hydrogens is 640 g/mol. The van der Waals surface area contributed by atoms with Crippen LogP contribution in [0.25, 0.3) is 22.1 Å². The van der Waals surface area contributed by atoms with E-state index in [2.05, 4.69) is 43.7 Å². The summed E-state index contributed by atoms with van der Waals surface area (Å²) >= 11 is 0. The van der Waals surface area contributed by atoms with Crippen LogP contribution in [0.1, 0.15) is 85.6 Å². The molecule has 266 valence electrons. The van der Waals surface area contributed by atoms with Gasteiger partial charge in [0.05, 0.1) is 41.3 Å². The molecule has 0 fully saturated rings. The zero-order valence-electron chi connectivity index (χ0n) is 30.1. The average Bonchev–Trinajstić information content (AvgIpc) is 3.74. The zero-order valence-corrected chi connectivity index (χ0v) is 30.1. The molecule has 50 heavy (non-hydrogen) atoms. The molecular formula is C38H46N4O8. The van der Waals surface area contributed by atoms with Crippen molar-refractivity contribution < 1.29 is 38.1 Å². The van der Waals surface area contributed by atoms with Gasteiger partial charge in [0.15, 0.2) is 0 Å². The van der Waals surface area contributed by atoms with Crippen molar-refractivity contribution in [3.63, 3.8) is 0 Å². The monoisotopic (exact) mass is 686 g/mol. The number of nitrogens with zero attached hydrogens (tertiary/aromatic N) is 2. The van der Waals surface area contributed by atoms with Crippen LogP contribution in [0.2, 0.25) is 0 Å². The number of carbonyl (C=O) groups is 4. The molecule has 8 bridgehead atoms. The van der Waals surface area contributed by atoms with E-state index in [4.69, 9.17) is 28.9 Å². The number of hydrogen-bond acceptors (Lipinski definition) is 10. The molecule has 0 saturated carbocycles. The topological polar surface area (TPSA) is 163 Å². The lowest BCUT2D eigenvalue weighted by molar-refractivity contribution is -0.141. The van der Waals surface area contributed by atoms with Crippen molar-refractivity contribution in [2.75, 3.05) is 28.4 Å². The number of methoxy groups -OCH3 is 4. The van der Waals surface area contributed by atoms with Gasteiger partial charge in [0, 0.05) is 81.4 Å². The number of esters is 4. The molecule has 12 heteroatoms. The standard InChI is InChI=1S/C38H46N4O8/c1-37(2)19-21-13-27-25(15-35(45)49-7)23(9-11-33(43)47-5)28(41-27)17-29-24(10-12-34(44)48-6)26(16-36(46)50-8)30(42-29)18-32-38(3,4)20-22(40-32)14-31(37)39-21/h13-14,17-18,41-42H,9-12,15-16,19-20H2,1-8H3. The summed E-state index contributed by atoms with van der Waals surface area (Å²) in [7, 11) is 5.35. The molecule has 0 amide bonds. The molecule has 5 rings (SSSR count). The SMILES string of the molecule is COC(=O)CCc1c(CC(=O)OC)c2cc3nc(cc4nc(cc5[nH]c(cc1[nH]2)c(CCC(=O)OC)c5CC(=O)OC)C(C)(C)C4)C(C)(C)C3. The lowest BCUT2D eigenvalue weighted by Crippen LogP contribution is -2.16. The van der Waals surface area contributed by atoms with Crippen LogP contribution in [-0.2, 0) is 87.5 Å². The number of fused-ring (bicyclic) bond motifs is 8. The largest absolute Gasteiger partial charge is 0.469 e. The van der Waals surface area contributed by atoms with E-state index in [0.29, 0.717) is 46.0 Å². The fraction of sp³-hybridized carbons (Fsp3) is 0.474. The maximum absolute atomic E-state index is 12.8. The van der Waals surface area contributed by atoms with E-state index in [9.17, 15) is 19.2 Å². The number of hydrogen-bond donors (Lipinski definition) is 2. The van der Waals surface area contributed by atoms with Crippen LogP contribution in [-0.4, -0.2) is 72.3 Å². The Morgan fingerprint density at radius 2 is 0.940 bits per heavy atom. The summed E-state index contributed by atoms with van der Waals surface area (Å²) in [5.74, 6) is -1.66. The van der Waals surface area contributed by atoms with Crippen LogP contribution < -0.4 is 0 Å². The van der Waals surface area contributed by atoms with Gasteiger partial charge in [-0.05, 0) is 59.4 Å². The summed E-state index contributed by atoms with van der Waals surface area (Å²) in [5.41, 5.74) is 8.34. The maximum atomic E-state index is 12.8. The van der Waals surface area contributed by atoms with Crippen LogP contribution in [0.3, 0.4) is 0 Å². The fourth-order valence-corrected chi connectivity index (χ4v) is 6.81. The molecule has 0 aromatic carbocycles. The highest BCUT2D eigenvalue weighted by atomic mass is 16.5. The highest BCUT2D eigenvalue weighted by Crippen LogP contribution is 2.36. The van der Waals surface area contributed by atoms with Gasteiger partial charge in [-0.2, -0.15) is 0 Å². The van der Waals surface area contributed by atoms with Gasteiger partial charge in [-0.15, -0.1) is 0 Å². The van der Waals surface area contributed by atoms with Gasteiger partial charge in [0.1, 0.15) is 0 Å². The van der Waals surface area contributed by atoms with Crippen molar-refractivity contribution in [2.45, 2.75) is 89.9 Å². The Kier molecular flexibility index (Phi) is 10.5. The number of carbonyl (C=O) groups excluding carboxylic acids is 4. The van der Waals surface area contributed by atoms with Gasteiger partial charge < -0.3 is 28.9 Å². The van der Waals surface area contributed by atoms with Crippen molar-refractivity contribution in [2.24, 2.45) is 0 Å². The average molecular weight is 687 g/mol. The molecule has 12 nitrogen and oxygen atoms in total. The summed E-state index contributed by atoms with van der Waals surface area (Å²) in [4.78, 5) is 67.6. The number of H-pyrrole nitrogens is 2. The first-order valence-electron chi connectivity index (χ1n) is 16.7. The molecule has 2 N–H and O–H groups in total. The van der Waals surface area contributed by atoms with Gasteiger partial charge in [-0.1, -0.05) is 27.7 Å². The number of aromatic nitrogens is 4. The Morgan fingerprint density at radius 3 is 1.38 bits per heavy atom. The van der Waals surface area contributed by atoms with Crippen molar-refractivity contribution in [3.05, 3.63) is 69.3 Å². The minimum atomic E-state index is -0.437. The van der Waals surface area contributed by atoms with Crippen LogP contribution in [0.15, 0.2) is 24.3 Å². The van der Waals surface area contributed by atoms with Crippen molar-refractivity contribution in [1.82, 2.24) is 19.9 Å². The predicted octanol–water partition coefficient (Wildman–Crippen LogP) is 5.00. The second-order valence-corrected chi connectivity index (χ2v) is 14.2. The maximum Gasteiger partial charge on any atom is 0.310 e. The third-order valence-corrected chi connectivity index (χ3v) is 9.62. The molecule has 2 aliphatic heterocycles. The minimum Gasteiger partial charge on any atom is -0.469 e. The molecule has 0 radical (unpaired) electrons. The highest BCUT2D eigenvalue weighted by Gasteiger charge is 2.33. The Hall–Kier alpha value is -5.00.